The summed E-state index contributed by atoms with van der Waals surface area (Å²) >= 11 is 11.8. The Balaban J connectivity index is 2.17. The molecule has 6 heteroatoms. The van der Waals surface area contributed by atoms with E-state index >= 15 is 0 Å². The Morgan fingerprint density at radius 2 is 1.96 bits per heavy atom. The van der Waals surface area contributed by atoms with Crippen LogP contribution >= 0.6 is 23.2 Å². The number of nitrogens with zero attached hydrogens (tertiary/aromatic N) is 1. The molecule has 0 aromatic heterocycles. The third-order valence-corrected chi connectivity index (χ3v) is 3.83. The van der Waals surface area contributed by atoms with E-state index in [1.54, 1.807) is 36.4 Å². The van der Waals surface area contributed by atoms with Crippen LogP contribution in [0.4, 0.5) is 5.69 Å². The largest absolute Gasteiger partial charge is 0.489 e. The van der Waals surface area contributed by atoms with Crippen molar-refractivity contribution in [3.05, 3.63) is 57.6 Å². The fraction of sp³-hybridized carbons (Fsp3) is 0.222. The highest BCUT2D eigenvalue weighted by Crippen LogP contribution is 2.27. The lowest BCUT2D eigenvalue weighted by Gasteiger charge is -2.15. The van der Waals surface area contributed by atoms with Crippen molar-refractivity contribution in [1.82, 2.24) is 0 Å². The third kappa shape index (κ3) is 4.89. The summed E-state index contributed by atoms with van der Waals surface area (Å²) in [6.45, 7) is 3.78. The lowest BCUT2D eigenvalue weighted by atomic mass is 10.1. The second kappa shape index (κ2) is 8.05. The monoisotopic (exact) mass is 362 g/mol. The van der Waals surface area contributed by atoms with Gasteiger partial charge in [-0.25, -0.2) is 0 Å². The second-order valence-electron chi connectivity index (χ2n) is 5.46. The molecular weight excluding hydrogens is 347 g/mol. The van der Waals surface area contributed by atoms with Crippen LogP contribution in [0, 0.1) is 11.3 Å². The van der Waals surface area contributed by atoms with Crippen LogP contribution in [0.25, 0.3) is 0 Å². The molecule has 0 spiro atoms. The van der Waals surface area contributed by atoms with E-state index in [1.807, 2.05) is 19.9 Å². The molecule has 0 bridgehead atoms. The number of amides is 1. The Morgan fingerprint density at radius 1 is 1.21 bits per heavy atom. The Labute approximate surface area is 151 Å². The van der Waals surface area contributed by atoms with E-state index in [0.29, 0.717) is 27.0 Å². The smallest absolute Gasteiger partial charge is 0.228 e. The highest BCUT2D eigenvalue weighted by molar-refractivity contribution is 6.42. The molecule has 2 aromatic rings. The van der Waals surface area contributed by atoms with Gasteiger partial charge in [0, 0.05) is 0 Å². The molecule has 24 heavy (non-hydrogen) atoms. The standard InChI is InChI=1S/C18H16Cl2N2O2/c1-11(2)24-17-6-4-13(10-21)8-16(17)22-18(23)9-12-3-5-14(19)15(20)7-12/h3-8,11H,9H2,1-2H3,(H,22,23). The highest BCUT2D eigenvalue weighted by atomic mass is 35.5. The average molecular weight is 363 g/mol. The van der Waals surface area contributed by atoms with Gasteiger partial charge in [-0.05, 0) is 49.7 Å². The number of halogens is 2. The molecular formula is C18H16Cl2N2O2. The number of benzene rings is 2. The van der Waals surface area contributed by atoms with Crippen LogP contribution < -0.4 is 10.1 Å². The summed E-state index contributed by atoms with van der Waals surface area (Å²) in [5, 5.41) is 12.7. The number of anilines is 1. The summed E-state index contributed by atoms with van der Waals surface area (Å²) < 4.78 is 5.67. The molecule has 1 N–H and O–H groups in total. The fourth-order valence-electron chi connectivity index (χ4n) is 2.08. The maximum Gasteiger partial charge on any atom is 0.228 e. The van der Waals surface area contributed by atoms with Crippen molar-refractivity contribution in [3.8, 4) is 11.8 Å². The van der Waals surface area contributed by atoms with Crippen LogP contribution in [0.1, 0.15) is 25.0 Å². The van der Waals surface area contributed by atoms with Gasteiger partial charge in [0.1, 0.15) is 5.75 Å². The maximum atomic E-state index is 12.3. The van der Waals surface area contributed by atoms with Gasteiger partial charge in [-0.3, -0.25) is 4.79 Å². The molecule has 0 aliphatic carbocycles. The summed E-state index contributed by atoms with van der Waals surface area (Å²) in [6.07, 6.45) is 0.0816. The lowest BCUT2D eigenvalue weighted by Crippen LogP contribution is -2.16. The first-order valence-electron chi connectivity index (χ1n) is 7.33. The van der Waals surface area contributed by atoms with Gasteiger partial charge in [0.05, 0.1) is 39.9 Å². The molecule has 0 unspecified atom stereocenters. The molecule has 0 fully saturated rings. The molecule has 0 saturated heterocycles. The van der Waals surface area contributed by atoms with Crippen molar-refractivity contribution in [2.24, 2.45) is 0 Å². The van der Waals surface area contributed by atoms with Gasteiger partial charge in [-0.2, -0.15) is 5.26 Å². The third-order valence-electron chi connectivity index (χ3n) is 3.09. The second-order valence-corrected chi connectivity index (χ2v) is 6.28. The van der Waals surface area contributed by atoms with Gasteiger partial charge in [0.15, 0.2) is 0 Å². The summed E-state index contributed by atoms with van der Waals surface area (Å²) in [6, 6.07) is 12.0. The first kappa shape index (κ1) is 18.1. The van der Waals surface area contributed by atoms with E-state index in [9.17, 15) is 4.79 Å². The average Bonchev–Trinajstić information content (AvgIpc) is 2.52. The summed E-state index contributed by atoms with van der Waals surface area (Å²) in [5.74, 6) is 0.281. The molecule has 4 nitrogen and oxygen atoms in total. The number of carbonyl (C=O) groups is 1. The minimum absolute atomic E-state index is 0.0522. The summed E-state index contributed by atoms with van der Waals surface area (Å²) in [5.41, 5.74) is 1.65. The number of ether oxygens (including phenoxy) is 1. The van der Waals surface area contributed by atoms with Gasteiger partial charge < -0.3 is 10.1 Å². The zero-order valence-corrected chi connectivity index (χ0v) is 14.8. The molecule has 0 aliphatic heterocycles. The summed E-state index contributed by atoms with van der Waals surface area (Å²) in [7, 11) is 0. The number of carbonyl (C=O) groups excluding carboxylic acids is 1. The summed E-state index contributed by atoms with van der Waals surface area (Å²) in [4.78, 5) is 12.3. The fourth-order valence-corrected chi connectivity index (χ4v) is 2.40. The molecule has 124 valence electrons. The Morgan fingerprint density at radius 3 is 2.58 bits per heavy atom. The van der Waals surface area contributed by atoms with Crippen molar-refractivity contribution in [2.75, 3.05) is 5.32 Å². The number of hydrogen-bond donors (Lipinski definition) is 1. The zero-order chi connectivity index (χ0) is 17.7. The van der Waals surface area contributed by atoms with Crippen LogP contribution in [0.2, 0.25) is 10.0 Å². The predicted octanol–water partition coefficient (Wildman–Crippen LogP) is 4.83. The molecule has 0 heterocycles. The van der Waals surface area contributed by atoms with Crippen LogP contribution in [-0.2, 0) is 11.2 Å². The molecule has 0 radical (unpaired) electrons. The molecule has 0 saturated carbocycles. The van der Waals surface area contributed by atoms with Gasteiger partial charge in [0.2, 0.25) is 5.91 Å². The van der Waals surface area contributed by atoms with Gasteiger partial charge in [-0.15, -0.1) is 0 Å². The normalized spacial score (nSPS) is 10.3. The van der Waals surface area contributed by atoms with Crippen molar-refractivity contribution in [1.29, 1.82) is 5.26 Å². The van der Waals surface area contributed by atoms with E-state index < -0.39 is 0 Å². The van der Waals surface area contributed by atoms with Crippen LogP contribution in [-0.4, -0.2) is 12.0 Å². The molecule has 0 aliphatic rings. The molecule has 2 aromatic carbocycles. The maximum absolute atomic E-state index is 12.3. The number of hydrogen-bond acceptors (Lipinski definition) is 3. The quantitative estimate of drug-likeness (QED) is 0.827. The van der Waals surface area contributed by atoms with Crippen LogP contribution in [0.15, 0.2) is 36.4 Å². The van der Waals surface area contributed by atoms with Crippen molar-refractivity contribution >= 4 is 34.8 Å². The first-order valence-corrected chi connectivity index (χ1v) is 8.09. The zero-order valence-electron chi connectivity index (χ0n) is 13.3. The Kier molecular flexibility index (Phi) is 6.08. The number of rotatable bonds is 5. The number of nitrogens with one attached hydrogen (secondary N) is 1. The molecule has 2 rings (SSSR count). The van der Waals surface area contributed by atoms with E-state index in [0.717, 1.165) is 5.56 Å². The minimum Gasteiger partial charge on any atom is -0.489 e. The Bertz CT molecular complexity index is 798. The van der Waals surface area contributed by atoms with Crippen LogP contribution in [0.5, 0.6) is 5.75 Å². The van der Waals surface area contributed by atoms with E-state index in [2.05, 4.69) is 5.32 Å². The van der Waals surface area contributed by atoms with Crippen molar-refractivity contribution in [2.45, 2.75) is 26.4 Å². The van der Waals surface area contributed by atoms with Crippen molar-refractivity contribution < 1.29 is 9.53 Å². The van der Waals surface area contributed by atoms with Crippen LogP contribution in [0.3, 0.4) is 0 Å². The molecule has 1 amide bonds. The van der Waals surface area contributed by atoms with E-state index in [1.165, 1.54) is 0 Å². The first-order chi connectivity index (χ1) is 11.4. The van der Waals surface area contributed by atoms with E-state index in [-0.39, 0.29) is 18.4 Å². The molecule has 0 atom stereocenters. The number of nitriles is 1. The predicted molar refractivity (Wildman–Crippen MR) is 95.7 cm³/mol. The lowest BCUT2D eigenvalue weighted by molar-refractivity contribution is -0.115. The Hall–Kier alpha value is -2.22. The SMILES string of the molecule is CC(C)Oc1ccc(C#N)cc1NC(=O)Cc1ccc(Cl)c(Cl)c1. The topological polar surface area (TPSA) is 62.1 Å². The van der Waals surface area contributed by atoms with Gasteiger partial charge in [0.25, 0.3) is 0 Å². The van der Waals surface area contributed by atoms with E-state index in [4.69, 9.17) is 33.2 Å². The van der Waals surface area contributed by atoms with Crippen molar-refractivity contribution in [3.63, 3.8) is 0 Å². The van der Waals surface area contributed by atoms with Gasteiger partial charge >= 0.3 is 0 Å². The minimum atomic E-state index is -0.239. The highest BCUT2D eigenvalue weighted by Gasteiger charge is 2.12. The van der Waals surface area contributed by atoms with Gasteiger partial charge in [-0.1, -0.05) is 29.3 Å².